The van der Waals surface area contributed by atoms with Crippen LogP contribution in [0.3, 0.4) is 0 Å². The van der Waals surface area contributed by atoms with E-state index in [-0.39, 0.29) is 10.8 Å². The SMILES string of the molecule is C/C=c1/cc2cc/c1=C/C=C(/c1ccc3c(c1)C(C)(C)c1ccccc1-3)N(c1ccc3c(c1)C(C)(C)c1ccccc1-3)/C=C\2. The van der Waals surface area contributed by atoms with Gasteiger partial charge in [-0.05, 0) is 109 Å². The smallest absolute Gasteiger partial charge is 0.0528 e. The summed E-state index contributed by atoms with van der Waals surface area (Å²) in [5, 5.41) is 2.47. The van der Waals surface area contributed by atoms with Crippen molar-refractivity contribution in [2.24, 2.45) is 0 Å². The maximum Gasteiger partial charge on any atom is 0.0528 e. The highest BCUT2D eigenvalue weighted by molar-refractivity contribution is 5.91. The van der Waals surface area contributed by atoms with Crippen molar-refractivity contribution in [3.05, 3.63) is 159 Å². The minimum Gasteiger partial charge on any atom is -0.317 e. The Hall–Kier alpha value is -4.88. The van der Waals surface area contributed by atoms with Crippen molar-refractivity contribution >= 4 is 29.6 Å². The largest absolute Gasteiger partial charge is 0.317 e. The van der Waals surface area contributed by atoms with Crippen molar-refractivity contribution in [3.8, 4) is 22.3 Å². The number of benzene rings is 5. The molecule has 4 aliphatic rings. The number of fused-ring (bicyclic) bond motifs is 11. The van der Waals surface area contributed by atoms with E-state index in [4.69, 9.17) is 0 Å². The molecule has 0 saturated heterocycles. The molecule has 5 aromatic carbocycles. The molecule has 0 spiro atoms. The van der Waals surface area contributed by atoms with Gasteiger partial charge in [-0.3, -0.25) is 0 Å². The lowest BCUT2D eigenvalue weighted by molar-refractivity contribution is 0.660. The number of allylic oxidation sites excluding steroid dienone is 1. The van der Waals surface area contributed by atoms with Gasteiger partial charge in [0.2, 0.25) is 0 Å². The summed E-state index contributed by atoms with van der Waals surface area (Å²) in [6.07, 6.45) is 11.3. The maximum atomic E-state index is 2.43. The summed E-state index contributed by atoms with van der Waals surface area (Å²) in [6.45, 7) is 11.5. The second kappa shape index (κ2) is 9.56. The standard InChI is InChI=1S/C43H37N/c1-6-29-25-28-15-16-30(29)18-22-41(31-17-20-35-33-11-7-9-13-37(33)42(2,3)39(35)26-31)44(24-23-28)32-19-21-36-34-12-8-10-14-38(34)43(4,5)40(36)27-32/h6-27H,1-5H3/b24-23-,29-6-,30-18-,41-22-. The molecule has 0 atom stereocenters. The molecule has 0 fully saturated rings. The van der Waals surface area contributed by atoms with Gasteiger partial charge in [0.1, 0.15) is 0 Å². The monoisotopic (exact) mass is 567 g/mol. The molecule has 1 nitrogen and oxygen atoms in total. The summed E-state index contributed by atoms with van der Waals surface area (Å²) in [6, 6.07) is 38.6. The van der Waals surface area contributed by atoms with Crippen LogP contribution in [-0.4, -0.2) is 0 Å². The van der Waals surface area contributed by atoms with Gasteiger partial charge in [0.25, 0.3) is 0 Å². The predicted octanol–water partition coefficient (Wildman–Crippen LogP) is 9.41. The van der Waals surface area contributed by atoms with E-state index < -0.39 is 0 Å². The molecule has 9 rings (SSSR count). The molecule has 1 heteroatoms. The predicted molar refractivity (Wildman–Crippen MR) is 188 cm³/mol. The molecule has 44 heavy (non-hydrogen) atoms. The normalized spacial score (nSPS) is 19.7. The first-order valence-electron chi connectivity index (χ1n) is 15.7. The summed E-state index contributed by atoms with van der Waals surface area (Å²) >= 11 is 0. The van der Waals surface area contributed by atoms with Gasteiger partial charge in [-0.25, -0.2) is 0 Å². The van der Waals surface area contributed by atoms with E-state index in [0.717, 1.165) is 5.70 Å². The van der Waals surface area contributed by atoms with E-state index in [9.17, 15) is 0 Å². The number of anilines is 1. The lowest BCUT2D eigenvalue weighted by Gasteiger charge is -2.28. The van der Waals surface area contributed by atoms with Gasteiger partial charge in [-0.15, -0.1) is 0 Å². The molecule has 2 aliphatic heterocycles. The minimum atomic E-state index is -0.0663. The van der Waals surface area contributed by atoms with Crippen LogP contribution in [0, 0.1) is 0 Å². The van der Waals surface area contributed by atoms with Crippen LogP contribution in [-0.2, 0) is 10.8 Å². The van der Waals surface area contributed by atoms with Crippen molar-refractivity contribution in [1.29, 1.82) is 0 Å². The number of hydrogen-bond acceptors (Lipinski definition) is 1. The summed E-state index contributed by atoms with van der Waals surface area (Å²) in [5.41, 5.74) is 15.6. The van der Waals surface area contributed by atoms with E-state index in [0.29, 0.717) is 0 Å². The average molecular weight is 568 g/mol. The first-order chi connectivity index (χ1) is 21.3. The number of rotatable bonds is 2. The molecule has 2 aliphatic carbocycles. The van der Waals surface area contributed by atoms with Gasteiger partial charge in [0.05, 0.1) is 5.70 Å². The third-order valence-corrected chi connectivity index (χ3v) is 10.2. The van der Waals surface area contributed by atoms with E-state index in [1.807, 2.05) is 0 Å². The Morgan fingerprint density at radius 2 is 1.18 bits per heavy atom. The van der Waals surface area contributed by atoms with Gasteiger partial charge in [0, 0.05) is 22.7 Å². The molecule has 2 heterocycles. The van der Waals surface area contributed by atoms with Gasteiger partial charge < -0.3 is 4.90 Å². The molecule has 0 unspecified atom stereocenters. The topological polar surface area (TPSA) is 3.24 Å². The van der Waals surface area contributed by atoms with Crippen molar-refractivity contribution in [2.75, 3.05) is 4.90 Å². The fraction of sp³-hybridized carbons (Fsp3) is 0.163. The van der Waals surface area contributed by atoms with Gasteiger partial charge >= 0.3 is 0 Å². The zero-order chi connectivity index (χ0) is 30.2. The maximum absolute atomic E-state index is 2.43. The van der Waals surface area contributed by atoms with E-state index in [2.05, 4.69) is 173 Å². The summed E-state index contributed by atoms with van der Waals surface area (Å²) in [7, 11) is 0. The van der Waals surface area contributed by atoms with E-state index in [1.165, 1.54) is 71.8 Å². The van der Waals surface area contributed by atoms with Gasteiger partial charge in [-0.2, -0.15) is 0 Å². The zero-order valence-corrected chi connectivity index (χ0v) is 26.1. The Morgan fingerprint density at radius 1 is 0.568 bits per heavy atom. The van der Waals surface area contributed by atoms with Gasteiger partial charge in [-0.1, -0.05) is 119 Å². The quantitative estimate of drug-likeness (QED) is 0.205. The Bertz CT molecular complexity index is 2190. The molecule has 0 radical (unpaired) electrons. The summed E-state index contributed by atoms with van der Waals surface area (Å²) < 4.78 is 0. The van der Waals surface area contributed by atoms with Crippen LogP contribution in [0.2, 0.25) is 0 Å². The third-order valence-electron chi connectivity index (χ3n) is 10.2. The molecule has 214 valence electrons. The molecule has 0 amide bonds. The zero-order valence-electron chi connectivity index (χ0n) is 26.1. The molecule has 2 bridgehead atoms. The number of hydrogen-bond donors (Lipinski definition) is 0. The molecule has 5 aromatic rings. The Morgan fingerprint density at radius 3 is 1.86 bits per heavy atom. The van der Waals surface area contributed by atoms with Crippen LogP contribution in [0.5, 0.6) is 0 Å². The fourth-order valence-electron chi connectivity index (χ4n) is 7.75. The molecule has 0 saturated carbocycles. The second-order valence-corrected chi connectivity index (χ2v) is 13.4. The highest BCUT2D eigenvalue weighted by atomic mass is 15.1. The van der Waals surface area contributed by atoms with Crippen molar-refractivity contribution < 1.29 is 0 Å². The fourth-order valence-corrected chi connectivity index (χ4v) is 7.75. The van der Waals surface area contributed by atoms with Crippen LogP contribution in [0.4, 0.5) is 5.69 Å². The van der Waals surface area contributed by atoms with Crippen LogP contribution < -0.4 is 15.3 Å². The summed E-state index contributed by atoms with van der Waals surface area (Å²) in [5.74, 6) is 0. The lowest BCUT2D eigenvalue weighted by Crippen LogP contribution is -2.25. The molecule has 0 N–H and O–H groups in total. The third kappa shape index (κ3) is 3.85. The van der Waals surface area contributed by atoms with Crippen LogP contribution in [0.1, 0.15) is 68.0 Å². The lowest BCUT2D eigenvalue weighted by atomic mass is 9.81. The Labute approximate surface area is 260 Å². The Kier molecular flexibility index (Phi) is 5.81. The van der Waals surface area contributed by atoms with Crippen LogP contribution >= 0.6 is 0 Å². The van der Waals surface area contributed by atoms with Crippen molar-refractivity contribution in [1.82, 2.24) is 0 Å². The highest BCUT2D eigenvalue weighted by Crippen LogP contribution is 2.51. The average Bonchev–Trinajstić information content (AvgIpc) is 3.42. The molecular weight excluding hydrogens is 530 g/mol. The first kappa shape index (κ1) is 26.7. The summed E-state index contributed by atoms with van der Waals surface area (Å²) in [4.78, 5) is 2.39. The van der Waals surface area contributed by atoms with Crippen LogP contribution in [0.25, 0.3) is 46.2 Å². The van der Waals surface area contributed by atoms with Gasteiger partial charge in [0.15, 0.2) is 0 Å². The van der Waals surface area contributed by atoms with Crippen molar-refractivity contribution in [2.45, 2.75) is 45.4 Å². The first-order valence-corrected chi connectivity index (χ1v) is 15.7. The second-order valence-electron chi connectivity index (χ2n) is 13.4. The minimum absolute atomic E-state index is 0.0638. The number of nitrogens with zero attached hydrogens (tertiary/aromatic N) is 1. The van der Waals surface area contributed by atoms with Crippen LogP contribution in [0.15, 0.2) is 115 Å². The van der Waals surface area contributed by atoms with E-state index >= 15 is 0 Å². The molecular formula is C43H37N. The van der Waals surface area contributed by atoms with E-state index in [1.54, 1.807) is 0 Å². The Balaban J connectivity index is 1.34. The molecule has 0 aromatic heterocycles. The highest BCUT2D eigenvalue weighted by Gasteiger charge is 2.37. The van der Waals surface area contributed by atoms with Crippen molar-refractivity contribution in [3.63, 3.8) is 0 Å².